The van der Waals surface area contributed by atoms with Crippen LogP contribution in [0, 0.1) is 0 Å². The fraction of sp³-hybridized carbons (Fsp3) is 1.00. The first kappa shape index (κ1) is 8.13. The van der Waals surface area contributed by atoms with Crippen molar-refractivity contribution >= 4 is 11.4 Å². The van der Waals surface area contributed by atoms with Crippen LogP contribution in [-0.2, 0) is 15.5 Å². The maximum absolute atomic E-state index is 10.0. The van der Waals surface area contributed by atoms with Crippen LogP contribution < -0.4 is 5.32 Å². The van der Waals surface area contributed by atoms with E-state index in [9.17, 15) is 8.76 Å². The van der Waals surface area contributed by atoms with E-state index in [1.807, 2.05) is 0 Å². The Morgan fingerprint density at radius 3 is 2.60 bits per heavy atom. The number of hydrogen-bond donors (Lipinski definition) is 1. The molecule has 0 aromatic rings. The summed E-state index contributed by atoms with van der Waals surface area (Å²) in [5.74, 6) is 0. The second kappa shape index (κ2) is 4.02. The Labute approximate surface area is 62.4 Å². The highest BCUT2D eigenvalue weighted by atomic mass is 32.2. The Balaban J connectivity index is 2.19. The third-order valence-electron chi connectivity index (χ3n) is 1.50. The van der Waals surface area contributed by atoms with Gasteiger partial charge in [-0.3, -0.25) is 4.18 Å². The molecule has 0 amide bonds. The van der Waals surface area contributed by atoms with Crippen LogP contribution in [0.25, 0.3) is 0 Å². The second-order valence-corrected chi connectivity index (χ2v) is 2.85. The van der Waals surface area contributed by atoms with E-state index in [4.69, 9.17) is 0 Å². The van der Waals surface area contributed by atoms with E-state index in [1.165, 1.54) is 0 Å². The second-order valence-electron chi connectivity index (χ2n) is 2.25. The Morgan fingerprint density at radius 2 is 2.10 bits per heavy atom. The average Bonchev–Trinajstić information content (AvgIpc) is 1.88. The topological polar surface area (TPSA) is 61.4 Å². The first-order valence-corrected chi connectivity index (χ1v) is 4.26. The molecule has 1 saturated heterocycles. The van der Waals surface area contributed by atoms with Gasteiger partial charge in [-0.1, -0.05) is 0 Å². The SMILES string of the molecule is O=S([O-])OC1CCNCC1. The fourth-order valence-electron chi connectivity index (χ4n) is 1.00. The molecule has 0 spiro atoms. The van der Waals surface area contributed by atoms with Crippen LogP contribution >= 0.6 is 0 Å². The van der Waals surface area contributed by atoms with E-state index in [-0.39, 0.29) is 6.10 Å². The molecule has 0 aliphatic carbocycles. The third kappa shape index (κ3) is 2.74. The van der Waals surface area contributed by atoms with Gasteiger partial charge in [-0.25, -0.2) is 4.21 Å². The van der Waals surface area contributed by atoms with Crippen molar-refractivity contribution in [1.82, 2.24) is 5.32 Å². The molecular formula is C5H10NO3S-. The molecule has 1 fully saturated rings. The van der Waals surface area contributed by atoms with E-state index >= 15 is 0 Å². The van der Waals surface area contributed by atoms with Crippen LogP contribution in [0.2, 0.25) is 0 Å². The minimum absolute atomic E-state index is 0.0976. The van der Waals surface area contributed by atoms with Crippen molar-refractivity contribution < 1.29 is 12.9 Å². The van der Waals surface area contributed by atoms with Gasteiger partial charge >= 0.3 is 0 Å². The maximum atomic E-state index is 10.0. The van der Waals surface area contributed by atoms with Crippen LogP contribution in [0.4, 0.5) is 0 Å². The predicted molar refractivity (Wildman–Crippen MR) is 35.9 cm³/mol. The highest BCUT2D eigenvalue weighted by molar-refractivity contribution is 7.74. The van der Waals surface area contributed by atoms with Gasteiger partial charge in [0.05, 0.1) is 17.5 Å². The minimum Gasteiger partial charge on any atom is -0.750 e. The molecule has 5 heteroatoms. The molecule has 10 heavy (non-hydrogen) atoms. The van der Waals surface area contributed by atoms with Crippen molar-refractivity contribution in [3.05, 3.63) is 0 Å². The molecule has 1 aliphatic heterocycles. The largest absolute Gasteiger partial charge is 0.750 e. The number of piperidine rings is 1. The van der Waals surface area contributed by atoms with Crippen LogP contribution in [0.3, 0.4) is 0 Å². The highest BCUT2D eigenvalue weighted by Crippen LogP contribution is 2.07. The normalized spacial score (nSPS) is 24.5. The first-order valence-electron chi connectivity index (χ1n) is 3.26. The first-order chi connectivity index (χ1) is 4.79. The molecule has 0 bridgehead atoms. The van der Waals surface area contributed by atoms with Crippen molar-refractivity contribution in [2.45, 2.75) is 18.9 Å². The zero-order valence-electron chi connectivity index (χ0n) is 5.54. The summed E-state index contributed by atoms with van der Waals surface area (Å²) in [5.41, 5.74) is 0. The third-order valence-corrected chi connectivity index (χ3v) is 1.93. The van der Waals surface area contributed by atoms with E-state index in [2.05, 4.69) is 9.50 Å². The van der Waals surface area contributed by atoms with Gasteiger partial charge in [0.2, 0.25) is 0 Å². The summed E-state index contributed by atoms with van der Waals surface area (Å²) in [4.78, 5) is 0. The Morgan fingerprint density at radius 1 is 1.50 bits per heavy atom. The molecule has 0 saturated carbocycles. The summed E-state index contributed by atoms with van der Waals surface area (Å²) >= 11 is -2.34. The summed E-state index contributed by atoms with van der Waals surface area (Å²) in [6.45, 7) is 1.70. The molecule has 1 atom stereocenters. The molecule has 0 aromatic carbocycles. The lowest BCUT2D eigenvalue weighted by molar-refractivity contribution is 0.163. The van der Waals surface area contributed by atoms with E-state index < -0.39 is 11.4 Å². The monoisotopic (exact) mass is 164 g/mol. The molecule has 1 rings (SSSR count). The van der Waals surface area contributed by atoms with E-state index in [0.29, 0.717) is 0 Å². The summed E-state index contributed by atoms with van der Waals surface area (Å²) in [5, 5.41) is 3.11. The zero-order valence-corrected chi connectivity index (χ0v) is 6.36. The Hall–Kier alpha value is 0.0300. The average molecular weight is 164 g/mol. The number of rotatable bonds is 2. The molecule has 60 valence electrons. The van der Waals surface area contributed by atoms with Gasteiger partial charge in [0.1, 0.15) is 0 Å². The van der Waals surface area contributed by atoms with Gasteiger partial charge in [-0.15, -0.1) is 0 Å². The quantitative estimate of drug-likeness (QED) is 0.561. The summed E-state index contributed by atoms with van der Waals surface area (Å²) < 4.78 is 24.6. The van der Waals surface area contributed by atoms with Crippen LogP contribution in [-0.4, -0.2) is 28.0 Å². The highest BCUT2D eigenvalue weighted by Gasteiger charge is 2.12. The molecule has 1 heterocycles. The van der Waals surface area contributed by atoms with E-state index in [0.717, 1.165) is 25.9 Å². The van der Waals surface area contributed by atoms with Gasteiger partial charge in [-0.05, 0) is 25.9 Å². The summed E-state index contributed by atoms with van der Waals surface area (Å²) in [7, 11) is 0. The van der Waals surface area contributed by atoms with Gasteiger partial charge in [0.25, 0.3) is 0 Å². The molecule has 0 aromatic heterocycles. The van der Waals surface area contributed by atoms with Gasteiger partial charge in [0, 0.05) is 0 Å². The van der Waals surface area contributed by atoms with Crippen LogP contribution in [0.5, 0.6) is 0 Å². The lowest BCUT2D eigenvalue weighted by Crippen LogP contribution is -2.32. The Kier molecular flexibility index (Phi) is 3.27. The number of nitrogens with one attached hydrogen (secondary N) is 1. The predicted octanol–water partition coefficient (Wildman–Crippen LogP) is -0.451. The van der Waals surface area contributed by atoms with Gasteiger partial charge in [-0.2, -0.15) is 0 Å². The van der Waals surface area contributed by atoms with Crippen molar-refractivity contribution in [2.24, 2.45) is 0 Å². The molecule has 0 radical (unpaired) electrons. The maximum Gasteiger partial charge on any atom is 0.0844 e. The lowest BCUT2D eigenvalue weighted by Gasteiger charge is -2.22. The van der Waals surface area contributed by atoms with E-state index in [1.54, 1.807) is 0 Å². The number of hydrogen-bond acceptors (Lipinski definition) is 4. The summed E-state index contributed by atoms with van der Waals surface area (Å²) in [6, 6.07) is 0. The minimum atomic E-state index is -2.34. The van der Waals surface area contributed by atoms with Crippen molar-refractivity contribution in [3.63, 3.8) is 0 Å². The molecular weight excluding hydrogens is 154 g/mol. The van der Waals surface area contributed by atoms with Crippen molar-refractivity contribution in [1.29, 1.82) is 0 Å². The van der Waals surface area contributed by atoms with Gasteiger partial charge in [0.15, 0.2) is 0 Å². The van der Waals surface area contributed by atoms with Crippen LogP contribution in [0.15, 0.2) is 0 Å². The lowest BCUT2D eigenvalue weighted by atomic mass is 10.1. The molecule has 4 nitrogen and oxygen atoms in total. The smallest absolute Gasteiger partial charge is 0.0844 e. The zero-order chi connectivity index (χ0) is 7.40. The molecule has 1 N–H and O–H groups in total. The van der Waals surface area contributed by atoms with Crippen LogP contribution in [0.1, 0.15) is 12.8 Å². The molecule has 1 unspecified atom stereocenters. The summed E-state index contributed by atoms with van der Waals surface area (Å²) in [6.07, 6.45) is 1.47. The Bertz CT molecular complexity index is 124. The van der Waals surface area contributed by atoms with Gasteiger partial charge < -0.3 is 9.87 Å². The standard InChI is InChI=1S/C5H11NO3S/c7-10(8)9-5-1-3-6-4-2-5/h5-6H,1-4H2,(H,7,8)/p-1. The molecule has 1 aliphatic rings. The van der Waals surface area contributed by atoms with Crippen molar-refractivity contribution in [3.8, 4) is 0 Å². The fourth-order valence-corrected chi connectivity index (χ4v) is 1.42. The van der Waals surface area contributed by atoms with Crippen molar-refractivity contribution in [2.75, 3.05) is 13.1 Å².